The highest BCUT2D eigenvalue weighted by molar-refractivity contribution is 6.30. The Kier molecular flexibility index (Phi) is 7.16. The van der Waals surface area contributed by atoms with Crippen LogP contribution in [-0.2, 0) is 0 Å². The number of nitrogens with two attached hydrogens (primary N) is 2. The van der Waals surface area contributed by atoms with Gasteiger partial charge in [0.2, 0.25) is 5.95 Å². The van der Waals surface area contributed by atoms with E-state index in [4.69, 9.17) is 40.1 Å². The number of carbonyl (C=O) groups is 1. The Hall–Kier alpha value is -3.10. The number of nitrogens with zero attached hydrogens (tertiary/aromatic N) is 2. The van der Waals surface area contributed by atoms with Gasteiger partial charge < -0.3 is 16.8 Å². The van der Waals surface area contributed by atoms with Crippen LogP contribution in [0, 0.1) is 5.41 Å². The zero-order chi connectivity index (χ0) is 19.8. The number of hydrogen-bond acceptors (Lipinski definition) is 5. The van der Waals surface area contributed by atoms with Gasteiger partial charge in [-0.15, -0.1) is 5.10 Å². The minimum Gasteiger partial charge on any atom is -0.386 e. The second kappa shape index (κ2) is 9.56. The SMILES string of the molecule is N=C(N)CNC(=O)c1ccc(Cl)cc1.Nc1n[nH]c(-c2ccc(Cl)cc2)n1. The molecule has 0 spiro atoms. The summed E-state index contributed by atoms with van der Waals surface area (Å²) >= 11 is 11.4. The second-order valence-corrected chi connectivity index (χ2v) is 6.14. The van der Waals surface area contributed by atoms with E-state index >= 15 is 0 Å². The van der Waals surface area contributed by atoms with Gasteiger partial charge in [0.15, 0.2) is 5.82 Å². The van der Waals surface area contributed by atoms with Crippen LogP contribution in [-0.4, -0.2) is 33.5 Å². The monoisotopic (exact) mass is 405 g/mol. The Morgan fingerprint density at radius 2 is 1.63 bits per heavy atom. The number of benzene rings is 2. The van der Waals surface area contributed by atoms with E-state index in [0.29, 0.717) is 21.4 Å². The van der Waals surface area contributed by atoms with Gasteiger partial charge in [-0.1, -0.05) is 23.2 Å². The molecule has 0 fully saturated rings. The summed E-state index contributed by atoms with van der Waals surface area (Å²) in [5.41, 5.74) is 11.9. The summed E-state index contributed by atoms with van der Waals surface area (Å²) in [5, 5.41) is 17.1. The van der Waals surface area contributed by atoms with Crippen molar-refractivity contribution in [2.24, 2.45) is 5.73 Å². The van der Waals surface area contributed by atoms with Crippen LogP contribution >= 0.6 is 23.2 Å². The zero-order valence-electron chi connectivity index (χ0n) is 14.0. The average molecular weight is 406 g/mol. The topological polar surface area (TPSA) is 147 Å². The van der Waals surface area contributed by atoms with Crippen LogP contribution in [0.5, 0.6) is 0 Å². The number of rotatable bonds is 4. The lowest BCUT2D eigenvalue weighted by Crippen LogP contribution is -2.32. The molecule has 0 radical (unpaired) electrons. The number of anilines is 1. The van der Waals surface area contributed by atoms with Crippen molar-refractivity contribution < 1.29 is 4.79 Å². The standard InChI is InChI=1S/C9H10ClN3O.C8H7ClN4/c10-7-3-1-6(2-4-7)9(14)13-5-8(11)12;9-6-3-1-5(2-4-6)7-11-8(10)13-12-7/h1-4H,5H2,(H3,11,12)(H,13,14);1-4H,(H3,10,11,12,13). The number of H-pyrrole nitrogens is 1. The molecule has 140 valence electrons. The minimum absolute atomic E-state index is 0.0570. The number of nitrogens with one attached hydrogen (secondary N) is 3. The highest BCUT2D eigenvalue weighted by atomic mass is 35.5. The molecule has 0 saturated carbocycles. The maximum Gasteiger partial charge on any atom is 0.251 e. The fourth-order valence-electron chi connectivity index (χ4n) is 1.89. The number of hydrogen-bond donors (Lipinski definition) is 5. The third-order valence-corrected chi connectivity index (χ3v) is 3.67. The molecule has 1 aromatic heterocycles. The Morgan fingerprint density at radius 3 is 2.11 bits per heavy atom. The number of halogens is 2. The van der Waals surface area contributed by atoms with E-state index < -0.39 is 0 Å². The molecule has 1 amide bonds. The smallest absolute Gasteiger partial charge is 0.251 e. The summed E-state index contributed by atoms with van der Waals surface area (Å²) in [7, 11) is 0. The van der Waals surface area contributed by atoms with Crippen molar-refractivity contribution in [3.8, 4) is 11.4 Å². The number of carbonyl (C=O) groups excluding carboxylic acids is 1. The van der Waals surface area contributed by atoms with Gasteiger partial charge in [0.25, 0.3) is 5.91 Å². The molecule has 2 aromatic carbocycles. The Balaban J connectivity index is 0.000000194. The van der Waals surface area contributed by atoms with Crippen LogP contribution in [0.15, 0.2) is 48.5 Å². The predicted molar refractivity (Wildman–Crippen MR) is 107 cm³/mol. The largest absolute Gasteiger partial charge is 0.386 e. The normalized spacial score (nSPS) is 9.85. The number of aromatic nitrogens is 3. The van der Waals surface area contributed by atoms with E-state index in [1.54, 1.807) is 36.4 Å². The van der Waals surface area contributed by atoms with Crippen molar-refractivity contribution in [1.29, 1.82) is 5.41 Å². The lowest BCUT2D eigenvalue weighted by molar-refractivity contribution is 0.0959. The number of aromatic amines is 1. The van der Waals surface area contributed by atoms with E-state index in [2.05, 4.69) is 20.5 Å². The molecule has 7 N–H and O–H groups in total. The third kappa shape index (κ3) is 6.61. The highest BCUT2D eigenvalue weighted by Gasteiger charge is 2.04. The van der Waals surface area contributed by atoms with E-state index in [9.17, 15) is 4.79 Å². The molecule has 0 bridgehead atoms. The Morgan fingerprint density at radius 1 is 1.07 bits per heavy atom. The van der Waals surface area contributed by atoms with Crippen LogP contribution in [0.1, 0.15) is 10.4 Å². The molecule has 0 atom stereocenters. The zero-order valence-corrected chi connectivity index (χ0v) is 15.6. The molecule has 10 heteroatoms. The quantitative estimate of drug-likeness (QED) is 0.334. The first kappa shape index (κ1) is 20.2. The molecule has 0 aliphatic heterocycles. The van der Waals surface area contributed by atoms with Crippen molar-refractivity contribution in [2.75, 3.05) is 12.3 Å². The van der Waals surface area contributed by atoms with E-state index in [0.717, 1.165) is 5.56 Å². The van der Waals surface area contributed by atoms with Gasteiger partial charge in [-0.2, -0.15) is 4.98 Å². The lowest BCUT2D eigenvalue weighted by Gasteiger charge is -2.03. The summed E-state index contributed by atoms with van der Waals surface area (Å²) in [6.45, 7) is 0.0570. The third-order valence-electron chi connectivity index (χ3n) is 3.17. The Bertz CT molecular complexity index is 908. The van der Waals surface area contributed by atoms with Crippen molar-refractivity contribution in [3.05, 3.63) is 64.1 Å². The fraction of sp³-hybridized carbons (Fsp3) is 0.0588. The predicted octanol–water partition coefficient (Wildman–Crippen LogP) is 2.71. The van der Waals surface area contributed by atoms with Crippen molar-refractivity contribution in [2.45, 2.75) is 0 Å². The molecule has 3 rings (SSSR count). The van der Waals surface area contributed by atoms with Crippen LogP contribution in [0.4, 0.5) is 5.95 Å². The molecule has 0 unspecified atom stereocenters. The van der Waals surface area contributed by atoms with E-state index in [1.807, 2.05) is 12.1 Å². The maximum atomic E-state index is 11.4. The molecule has 0 aliphatic rings. The fourth-order valence-corrected chi connectivity index (χ4v) is 2.14. The number of amidine groups is 1. The molecule has 0 aliphatic carbocycles. The molecule has 3 aromatic rings. The van der Waals surface area contributed by atoms with Crippen molar-refractivity contribution in [1.82, 2.24) is 20.5 Å². The summed E-state index contributed by atoms with van der Waals surface area (Å²) in [6, 6.07) is 13.7. The summed E-state index contributed by atoms with van der Waals surface area (Å²) in [4.78, 5) is 15.3. The van der Waals surface area contributed by atoms with Gasteiger partial charge in [0, 0.05) is 21.2 Å². The molecular formula is C17H17Cl2N7O. The highest BCUT2D eigenvalue weighted by Crippen LogP contribution is 2.17. The van der Waals surface area contributed by atoms with Crippen LogP contribution in [0.2, 0.25) is 10.0 Å². The maximum absolute atomic E-state index is 11.4. The minimum atomic E-state index is -0.267. The van der Waals surface area contributed by atoms with Crippen LogP contribution in [0.3, 0.4) is 0 Å². The molecular weight excluding hydrogens is 389 g/mol. The van der Waals surface area contributed by atoms with Gasteiger partial charge in [0.05, 0.1) is 6.54 Å². The summed E-state index contributed by atoms with van der Waals surface area (Å²) in [5.74, 6) is 0.545. The van der Waals surface area contributed by atoms with Crippen molar-refractivity contribution in [3.63, 3.8) is 0 Å². The van der Waals surface area contributed by atoms with Gasteiger partial charge in [-0.3, -0.25) is 15.3 Å². The Labute approximate surface area is 165 Å². The van der Waals surface area contributed by atoms with Gasteiger partial charge in [-0.25, -0.2) is 0 Å². The molecule has 27 heavy (non-hydrogen) atoms. The van der Waals surface area contributed by atoms with Gasteiger partial charge in [-0.05, 0) is 48.5 Å². The first-order chi connectivity index (χ1) is 12.8. The number of amides is 1. The molecule has 0 saturated heterocycles. The first-order valence-electron chi connectivity index (χ1n) is 7.65. The van der Waals surface area contributed by atoms with E-state index in [-0.39, 0.29) is 24.2 Å². The lowest BCUT2D eigenvalue weighted by atomic mass is 10.2. The molecule has 1 heterocycles. The van der Waals surface area contributed by atoms with Gasteiger partial charge in [0.1, 0.15) is 5.84 Å². The van der Waals surface area contributed by atoms with Crippen LogP contribution in [0.25, 0.3) is 11.4 Å². The molecule has 8 nitrogen and oxygen atoms in total. The second-order valence-electron chi connectivity index (χ2n) is 5.26. The van der Waals surface area contributed by atoms with E-state index in [1.165, 1.54) is 0 Å². The number of nitrogen functional groups attached to an aromatic ring is 1. The first-order valence-corrected chi connectivity index (χ1v) is 8.41. The van der Waals surface area contributed by atoms with Gasteiger partial charge >= 0.3 is 0 Å². The average Bonchev–Trinajstić information content (AvgIpc) is 3.08. The van der Waals surface area contributed by atoms with Crippen LogP contribution < -0.4 is 16.8 Å². The van der Waals surface area contributed by atoms with Crippen molar-refractivity contribution >= 4 is 40.9 Å². The summed E-state index contributed by atoms with van der Waals surface area (Å²) in [6.07, 6.45) is 0. The summed E-state index contributed by atoms with van der Waals surface area (Å²) < 4.78 is 0.